The van der Waals surface area contributed by atoms with Crippen molar-refractivity contribution in [1.82, 2.24) is 10.3 Å². The van der Waals surface area contributed by atoms with E-state index in [1.165, 1.54) is 18.2 Å². The van der Waals surface area contributed by atoms with Gasteiger partial charge in [0.15, 0.2) is 11.6 Å². The van der Waals surface area contributed by atoms with Gasteiger partial charge in [-0.3, -0.25) is 19.4 Å². The van der Waals surface area contributed by atoms with Gasteiger partial charge in [-0.1, -0.05) is 12.1 Å². The molecule has 2 aromatic carbocycles. The molecule has 3 aromatic rings. The summed E-state index contributed by atoms with van der Waals surface area (Å²) in [6.07, 6.45) is 0.730. The van der Waals surface area contributed by atoms with Crippen molar-refractivity contribution >= 4 is 17.5 Å². The van der Waals surface area contributed by atoms with E-state index in [1.807, 2.05) is 0 Å². The molecule has 5 nitrogen and oxygen atoms in total. The Morgan fingerprint density at radius 1 is 1.03 bits per heavy atom. The van der Waals surface area contributed by atoms with Gasteiger partial charge in [-0.25, -0.2) is 13.2 Å². The molecule has 0 aliphatic heterocycles. The number of aryl methyl sites for hydroxylation is 2. The molecule has 1 heterocycles. The number of nitrogens with zero attached hydrogens (tertiary/aromatic N) is 1. The van der Waals surface area contributed by atoms with Crippen LogP contribution in [0.5, 0.6) is 0 Å². The monoisotopic (exact) mass is 480 g/mol. The molecule has 1 aromatic heterocycles. The lowest BCUT2D eigenvalue weighted by Crippen LogP contribution is -2.27. The van der Waals surface area contributed by atoms with Gasteiger partial charge in [0.2, 0.25) is 5.91 Å². The second-order valence-corrected chi connectivity index (χ2v) is 8.82. The molecule has 0 radical (unpaired) electrons. The summed E-state index contributed by atoms with van der Waals surface area (Å²) in [4.78, 5) is 42.2. The minimum atomic E-state index is -1.00. The number of aromatic nitrogens is 1. The molecule has 35 heavy (non-hydrogen) atoms. The fraction of sp³-hybridized carbons (Fsp3) is 0.259. The quantitative estimate of drug-likeness (QED) is 0.518. The van der Waals surface area contributed by atoms with E-state index >= 15 is 0 Å². The van der Waals surface area contributed by atoms with Crippen LogP contribution in [-0.2, 0) is 20.9 Å². The van der Waals surface area contributed by atoms with Crippen molar-refractivity contribution in [2.24, 2.45) is 5.92 Å². The summed E-state index contributed by atoms with van der Waals surface area (Å²) in [5.74, 6) is -4.78. The smallest absolute Gasteiger partial charge is 0.221 e. The summed E-state index contributed by atoms with van der Waals surface area (Å²) in [5.41, 5.74) is 2.72. The standard InChI is InChI=1S/C27H23F3N2O3/c1-14-6-17(26-21(30)11-20(29)13-32-26)7-15(2)24(14)25-22(33)9-18(27(25)35)10-23(34)31-12-16-4-3-5-19(28)8-16/h3-8,11,13,18,25H,9-10,12H2,1-2H3,(H,31,34). The molecule has 1 saturated carbocycles. The molecular weight excluding hydrogens is 457 g/mol. The maximum Gasteiger partial charge on any atom is 0.221 e. The second-order valence-electron chi connectivity index (χ2n) is 8.82. The molecule has 4 rings (SSSR count). The Labute approximate surface area is 200 Å². The Bertz CT molecular complexity index is 1320. The molecule has 1 amide bonds. The molecule has 0 bridgehead atoms. The van der Waals surface area contributed by atoms with Crippen LogP contribution in [0.15, 0.2) is 48.7 Å². The number of pyridine rings is 1. The van der Waals surface area contributed by atoms with E-state index in [1.54, 1.807) is 32.0 Å². The molecule has 1 fully saturated rings. The number of ketones is 2. The van der Waals surface area contributed by atoms with Crippen molar-refractivity contribution in [2.75, 3.05) is 0 Å². The van der Waals surface area contributed by atoms with Crippen LogP contribution in [0.3, 0.4) is 0 Å². The zero-order valence-corrected chi connectivity index (χ0v) is 19.2. The first-order valence-corrected chi connectivity index (χ1v) is 11.1. The highest BCUT2D eigenvalue weighted by molar-refractivity contribution is 6.15. The van der Waals surface area contributed by atoms with E-state index in [4.69, 9.17) is 0 Å². The van der Waals surface area contributed by atoms with Gasteiger partial charge < -0.3 is 5.32 Å². The van der Waals surface area contributed by atoms with Crippen LogP contribution in [0, 0.1) is 37.2 Å². The van der Waals surface area contributed by atoms with E-state index in [-0.39, 0.29) is 36.6 Å². The first-order valence-electron chi connectivity index (χ1n) is 11.1. The molecule has 0 spiro atoms. The number of carbonyl (C=O) groups is 3. The lowest BCUT2D eigenvalue weighted by atomic mass is 9.85. The summed E-state index contributed by atoms with van der Waals surface area (Å²) >= 11 is 0. The predicted octanol–water partition coefficient (Wildman–Crippen LogP) is 4.73. The number of benzene rings is 2. The predicted molar refractivity (Wildman–Crippen MR) is 123 cm³/mol. The average Bonchev–Trinajstić information content (AvgIpc) is 3.05. The first-order chi connectivity index (χ1) is 16.6. The average molecular weight is 480 g/mol. The minimum absolute atomic E-state index is 0.0268. The first kappa shape index (κ1) is 24.3. The van der Waals surface area contributed by atoms with Crippen molar-refractivity contribution < 1.29 is 27.6 Å². The Morgan fingerprint density at radius 3 is 2.40 bits per heavy atom. The van der Waals surface area contributed by atoms with E-state index < -0.39 is 35.2 Å². The Kier molecular flexibility index (Phi) is 6.82. The number of hydrogen-bond donors (Lipinski definition) is 1. The van der Waals surface area contributed by atoms with Gasteiger partial charge in [0, 0.05) is 36.9 Å². The third-order valence-electron chi connectivity index (χ3n) is 6.23. The van der Waals surface area contributed by atoms with Gasteiger partial charge >= 0.3 is 0 Å². The number of halogens is 3. The van der Waals surface area contributed by atoms with Crippen LogP contribution in [-0.4, -0.2) is 22.5 Å². The van der Waals surface area contributed by atoms with Gasteiger partial charge in [-0.2, -0.15) is 0 Å². The SMILES string of the molecule is Cc1cc(-c2ncc(F)cc2F)cc(C)c1C1C(=O)CC(CC(=O)NCc2cccc(F)c2)C1=O. The van der Waals surface area contributed by atoms with E-state index in [2.05, 4.69) is 10.3 Å². The van der Waals surface area contributed by atoms with Gasteiger partial charge in [0.25, 0.3) is 0 Å². The fourth-order valence-corrected chi connectivity index (χ4v) is 4.67. The molecule has 1 aliphatic carbocycles. The molecule has 8 heteroatoms. The summed E-state index contributed by atoms with van der Waals surface area (Å²) in [6.45, 7) is 3.54. The topological polar surface area (TPSA) is 76.1 Å². The minimum Gasteiger partial charge on any atom is -0.352 e. The van der Waals surface area contributed by atoms with Crippen LogP contribution in [0.1, 0.15) is 41.0 Å². The third kappa shape index (κ3) is 5.16. The lowest BCUT2D eigenvalue weighted by Gasteiger charge is -2.17. The van der Waals surface area contributed by atoms with Crippen LogP contribution in [0.4, 0.5) is 13.2 Å². The summed E-state index contributed by atoms with van der Waals surface area (Å²) in [5, 5.41) is 2.66. The number of rotatable bonds is 6. The van der Waals surface area contributed by atoms with Gasteiger partial charge in [0.1, 0.15) is 29.0 Å². The van der Waals surface area contributed by atoms with Crippen molar-refractivity contribution in [3.63, 3.8) is 0 Å². The molecular formula is C27H23F3N2O3. The summed E-state index contributed by atoms with van der Waals surface area (Å²) in [6, 6.07) is 9.80. The number of hydrogen-bond acceptors (Lipinski definition) is 4. The van der Waals surface area contributed by atoms with Gasteiger partial charge in [0.05, 0.1) is 6.20 Å². The van der Waals surface area contributed by atoms with E-state index in [0.29, 0.717) is 27.8 Å². The number of nitrogens with one attached hydrogen (secondary N) is 1. The molecule has 1 N–H and O–H groups in total. The van der Waals surface area contributed by atoms with Gasteiger partial charge in [-0.05, 0) is 60.4 Å². The molecule has 2 unspecified atom stereocenters. The Morgan fingerprint density at radius 2 is 1.74 bits per heavy atom. The molecule has 2 atom stereocenters. The van der Waals surface area contributed by atoms with Crippen molar-refractivity contribution in [3.8, 4) is 11.3 Å². The van der Waals surface area contributed by atoms with E-state index in [9.17, 15) is 27.6 Å². The number of amides is 1. The van der Waals surface area contributed by atoms with Crippen LogP contribution in [0.25, 0.3) is 11.3 Å². The highest BCUT2D eigenvalue weighted by Gasteiger charge is 2.43. The summed E-state index contributed by atoms with van der Waals surface area (Å²) in [7, 11) is 0. The molecule has 1 aliphatic rings. The van der Waals surface area contributed by atoms with Crippen molar-refractivity contribution in [1.29, 1.82) is 0 Å². The zero-order valence-electron chi connectivity index (χ0n) is 19.2. The molecule has 180 valence electrons. The van der Waals surface area contributed by atoms with Crippen LogP contribution < -0.4 is 5.32 Å². The maximum atomic E-state index is 14.2. The maximum absolute atomic E-state index is 14.2. The van der Waals surface area contributed by atoms with Gasteiger partial charge in [-0.15, -0.1) is 0 Å². The lowest BCUT2D eigenvalue weighted by molar-refractivity contribution is -0.128. The normalized spacial score (nSPS) is 17.6. The van der Waals surface area contributed by atoms with Crippen LogP contribution in [0.2, 0.25) is 0 Å². The largest absolute Gasteiger partial charge is 0.352 e. The fourth-order valence-electron chi connectivity index (χ4n) is 4.67. The van der Waals surface area contributed by atoms with E-state index in [0.717, 1.165) is 12.3 Å². The highest BCUT2D eigenvalue weighted by atomic mass is 19.1. The third-order valence-corrected chi connectivity index (χ3v) is 6.23. The van der Waals surface area contributed by atoms with Crippen LogP contribution >= 0.6 is 0 Å². The number of carbonyl (C=O) groups excluding carboxylic acids is 3. The van der Waals surface area contributed by atoms with Crippen molar-refractivity contribution in [3.05, 3.63) is 88.4 Å². The number of Topliss-reactive ketones (excluding diaryl/α,β-unsaturated/α-hetero) is 2. The summed E-state index contributed by atoms with van der Waals surface area (Å²) < 4.78 is 40.8. The second kappa shape index (κ2) is 9.82. The Balaban J connectivity index is 1.50. The zero-order chi connectivity index (χ0) is 25.3. The molecule has 0 saturated heterocycles. The van der Waals surface area contributed by atoms with Crippen molar-refractivity contribution in [2.45, 2.75) is 39.2 Å². The Hall–Kier alpha value is -3.81. The highest BCUT2D eigenvalue weighted by Crippen LogP contribution is 2.38.